The lowest BCUT2D eigenvalue weighted by Crippen LogP contribution is -2.59. The van der Waals surface area contributed by atoms with Crippen LogP contribution in [0.1, 0.15) is 140 Å². The van der Waals surface area contributed by atoms with Gasteiger partial charge in [-0.05, 0) is 80.2 Å². The van der Waals surface area contributed by atoms with Gasteiger partial charge in [-0.3, -0.25) is 24.0 Å². The average Bonchev–Trinajstić information content (AvgIpc) is 0.947. The summed E-state index contributed by atoms with van der Waals surface area (Å²) in [6.45, 7) is 20.5. The molecule has 2 amide bonds. The van der Waals surface area contributed by atoms with Gasteiger partial charge in [0.25, 0.3) is 0 Å². The molecule has 0 bridgehead atoms. The van der Waals surface area contributed by atoms with E-state index in [4.69, 9.17) is 28.4 Å². The van der Waals surface area contributed by atoms with Crippen molar-refractivity contribution in [2.75, 3.05) is 108 Å². The molecule has 20 nitrogen and oxygen atoms in total. The van der Waals surface area contributed by atoms with Gasteiger partial charge in [0.05, 0.1) is 42.7 Å². The molecule has 2 heterocycles. The van der Waals surface area contributed by atoms with Gasteiger partial charge in [0.15, 0.2) is 13.2 Å². The number of epoxide rings is 2. The number of nitrogens with zero attached hydrogens (tertiary/aromatic N) is 2. The number of rotatable bonds is 35. The Labute approximate surface area is 592 Å². The van der Waals surface area contributed by atoms with Gasteiger partial charge in [0.2, 0.25) is 11.8 Å². The van der Waals surface area contributed by atoms with E-state index in [2.05, 4.69) is 45.3 Å². The Kier molecular flexibility index (Phi) is 60.4. The van der Waals surface area contributed by atoms with Crippen molar-refractivity contribution in [2.24, 2.45) is 22.2 Å². The Morgan fingerprint density at radius 1 is 0.490 bits per heavy atom. The second kappa shape index (κ2) is 51.6. The quantitative estimate of drug-likeness (QED) is 0.0143. The standard InChI is InChI=1S/C30H45F8NO9.C9H8F8O2.C7H10O3.C7H12O3.C5H9NO.8CH4/c1-9-18(20(40)39(6)7)12-26(4,23(42)48-17-28(33,34)30(37,38)29(35,36)21(31)32)16-27(5,24(43)45-11-10-44-8)15-25(2,3)22(41)47-14-19-13-46-19;1-4(2)5(18)19-3-7(12,13)9(16,17)8(14,15)6(10)11;1-5(2)7(8)10-4-6-3-9-6;1-6(2)7(8)10-5-4-9-3;1-4-5(7)6(2)3;;;;;;;;/h18-19,21H,9-17H2,1-8H3;6H,1,3H2,2H3;6H,1,3-4H2,2H3;1,4-5H2,2-3H3;4H,1H2,2-3H3;8*1H4. The molecule has 0 aromatic carbocycles. The molecule has 0 spiro atoms. The molecule has 610 valence electrons. The van der Waals surface area contributed by atoms with E-state index in [0.717, 1.165) is 18.7 Å². The number of carbonyl (C=O) groups is 8. The zero-order chi connectivity index (χ0) is 74.6. The molecule has 0 saturated carbocycles. The first-order chi connectivity index (χ1) is 42.6. The summed E-state index contributed by atoms with van der Waals surface area (Å²) in [4.78, 5) is 98.1. The highest BCUT2D eigenvalue weighted by molar-refractivity contribution is 5.88. The summed E-state index contributed by atoms with van der Waals surface area (Å²) in [5.74, 6) is -44.9. The van der Waals surface area contributed by atoms with E-state index in [0.29, 0.717) is 44.2 Å². The fraction of sp³-hybridized carbons (Fsp3) is 0.758. The van der Waals surface area contributed by atoms with Crippen molar-refractivity contribution in [2.45, 2.75) is 201 Å². The maximum Gasteiger partial charge on any atom is 0.381 e. The van der Waals surface area contributed by atoms with Gasteiger partial charge in [0.1, 0.15) is 38.6 Å². The minimum absolute atomic E-state index is 0. The molecule has 2 fully saturated rings. The number of amides is 2. The zero-order valence-corrected chi connectivity index (χ0v) is 54.5. The summed E-state index contributed by atoms with van der Waals surface area (Å²) in [5, 5.41) is 0. The maximum absolute atomic E-state index is 14.4. The molecule has 0 aliphatic carbocycles. The molecule has 36 heteroatoms. The lowest BCUT2D eigenvalue weighted by molar-refractivity contribution is -0.344. The summed E-state index contributed by atoms with van der Waals surface area (Å²) in [7, 11) is 8.99. The number of alkyl halides is 16. The van der Waals surface area contributed by atoms with Crippen LogP contribution in [0.15, 0.2) is 49.1 Å². The van der Waals surface area contributed by atoms with Crippen LogP contribution in [0.2, 0.25) is 0 Å². The first-order valence-electron chi connectivity index (χ1n) is 27.7. The van der Waals surface area contributed by atoms with Crippen molar-refractivity contribution < 1.29 is 156 Å². The highest BCUT2D eigenvalue weighted by Crippen LogP contribution is 2.52. The fourth-order valence-electron chi connectivity index (χ4n) is 7.11. The number of methoxy groups -OCH3 is 2. The first kappa shape index (κ1) is 119. The van der Waals surface area contributed by atoms with E-state index in [1.807, 2.05) is 0 Å². The van der Waals surface area contributed by atoms with E-state index in [-0.39, 0.29) is 116 Å². The van der Waals surface area contributed by atoms with Crippen LogP contribution in [-0.4, -0.2) is 227 Å². The maximum atomic E-state index is 14.4. The molecular formula is C66H116F16N2O18. The van der Waals surface area contributed by atoms with E-state index in [9.17, 15) is 109 Å². The van der Waals surface area contributed by atoms with Crippen LogP contribution in [0.4, 0.5) is 70.2 Å². The van der Waals surface area contributed by atoms with Crippen molar-refractivity contribution in [3.05, 3.63) is 49.1 Å². The predicted octanol–water partition coefficient (Wildman–Crippen LogP) is 15.0. The fourth-order valence-corrected chi connectivity index (χ4v) is 7.11. The summed E-state index contributed by atoms with van der Waals surface area (Å²) in [5.41, 5.74) is -5.17. The van der Waals surface area contributed by atoms with E-state index < -0.39 is 138 Å². The number of esters is 6. The van der Waals surface area contributed by atoms with Gasteiger partial charge in [-0.1, -0.05) is 92.7 Å². The summed E-state index contributed by atoms with van der Waals surface area (Å²) >= 11 is 0. The van der Waals surface area contributed by atoms with Gasteiger partial charge in [-0.2, -0.15) is 52.7 Å². The summed E-state index contributed by atoms with van der Waals surface area (Å²) < 4.78 is 255. The highest BCUT2D eigenvalue weighted by Gasteiger charge is 2.77. The third-order valence-electron chi connectivity index (χ3n) is 12.5. The van der Waals surface area contributed by atoms with Crippen LogP contribution < -0.4 is 0 Å². The number of likely N-dealkylation sites (N-methyl/N-ethyl adjacent to an activating group) is 1. The third kappa shape index (κ3) is 39.4. The molecule has 2 aliphatic rings. The number of halogens is 16. The highest BCUT2D eigenvalue weighted by atomic mass is 19.4. The Balaban J connectivity index is -0.000000139. The Hall–Kier alpha value is -6.56. The van der Waals surface area contributed by atoms with Gasteiger partial charge in [-0.15, -0.1) is 0 Å². The molecule has 5 unspecified atom stereocenters. The first-order valence-corrected chi connectivity index (χ1v) is 27.7. The van der Waals surface area contributed by atoms with Crippen LogP contribution in [0.5, 0.6) is 0 Å². The third-order valence-corrected chi connectivity index (χ3v) is 12.5. The molecule has 102 heavy (non-hydrogen) atoms. The molecule has 0 aromatic rings. The Bertz CT molecular complexity index is 2530. The second-order valence-corrected chi connectivity index (χ2v) is 22.6. The predicted molar refractivity (Wildman–Crippen MR) is 354 cm³/mol. The number of hydrogen-bond donors (Lipinski definition) is 0. The molecule has 2 rings (SSSR count). The average molecular weight is 1530 g/mol. The molecule has 2 saturated heterocycles. The van der Waals surface area contributed by atoms with Crippen LogP contribution in [0.3, 0.4) is 0 Å². The van der Waals surface area contributed by atoms with Crippen LogP contribution in [0, 0.1) is 22.2 Å². The van der Waals surface area contributed by atoms with E-state index >= 15 is 0 Å². The Morgan fingerprint density at radius 2 is 0.824 bits per heavy atom. The molecule has 2 aliphatic heterocycles. The van der Waals surface area contributed by atoms with Gasteiger partial charge in [-0.25, -0.2) is 31.9 Å². The minimum atomic E-state index is -6.65. The van der Waals surface area contributed by atoms with Crippen LogP contribution in [0.25, 0.3) is 0 Å². The van der Waals surface area contributed by atoms with Crippen molar-refractivity contribution in [3.8, 4) is 0 Å². The SMILES string of the molecule is C.C.C.C.C.C.C.C.C=C(C)C(=O)OCC(F)(F)C(F)(F)C(F)(F)C(F)F.C=C(C)C(=O)OCC1CO1.C=C(C)C(=O)OCCOC.C=CC(=O)N(C)C.CCC(CC(C)(CC(C)(CC(C)(C)C(=O)OCC1CO1)C(=O)OCCOC)C(=O)OCC(F)(F)C(F)(F)C(F)(F)C(F)F)C(=O)N(C)C. The molecule has 0 radical (unpaired) electrons. The van der Waals surface area contributed by atoms with Gasteiger partial charge < -0.3 is 57.2 Å². The topological polar surface area (TPSA) is 242 Å². The summed E-state index contributed by atoms with van der Waals surface area (Å²) in [6.07, 6.45) is -10.7. The lowest BCUT2D eigenvalue weighted by atomic mass is 9.63. The van der Waals surface area contributed by atoms with Crippen LogP contribution >= 0.6 is 0 Å². The van der Waals surface area contributed by atoms with Crippen LogP contribution in [-0.2, 0) is 85.7 Å². The normalized spacial score (nSPS) is 14.9. The van der Waals surface area contributed by atoms with Crippen molar-refractivity contribution in [1.82, 2.24) is 9.80 Å². The minimum Gasteiger partial charge on any atom is -0.463 e. The number of ether oxygens (including phenoxy) is 10. The second-order valence-electron chi connectivity index (χ2n) is 22.6. The molecular weight excluding hydrogens is 1410 g/mol. The van der Waals surface area contributed by atoms with Crippen molar-refractivity contribution >= 4 is 47.6 Å². The van der Waals surface area contributed by atoms with E-state index in [1.165, 1.54) is 53.0 Å². The lowest BCUT2D eigenvalue weighted by Gasteiger charge is -2.41. The Morgan fingerprint density at radius 3 is 1.13 bits per heavy atom. The van der Waals surface area contributed by atoms with Gasteiger partial charge in [0, 0.05) is 65.0 Å². The number of hydrogen-bond acceptors (Lipinski definition) is 18. The smallest absolute Gasteiger partial charge is 0.381 e. The zero-order valence-electron chi connectivity index (χ0n) is 54.5. The largest absolute Gasteiger partial charge is 0.463 e. The monoisotopic (exact) mass is 1530 g/mol. The van der Waals surface area contributed by atoms with Crippen molar-refractivity contribution in [1.29, 1.82) is 0 Å². The molecule has 5 atom stereocenters. The molecule has 0 aromatic heterocycles. The summed E-state index contributed by atoms with van der Waals surface area (Å²) in [6, 6.07) is 0. The molecule has 0 N–H and O–H groups in total. The van der Waals surface area contributed by atoms with Gasteiger partial charge >= 0.3 is 84.2 Å². The number of carbonyl (C=O) groups excluding carboxylic acids is 8. The van der Waals surface area contributed by atoms with E-state index in [1.54, 1.807) is 42.0 Å². The van der Waals surface area contributed by atoms with Crippen molar-refractivity contribution in [3.63, 3.8) is 0 Å².